The molecule has 2 aromatic rings. The van der Waals surface area contributed by atoms with E-state index in [4.69, 9.17) is 12.2 Å². The fraction of sp³-hybridized carbons (Fsp3) is 0.316. The van der Waals surface area contributed by atoms with Crippen molar-refractivity contribution in [1.29, 1.82) is 0 Å². The molecule has 2 heterocycles. The highest BCUT2D eigenvalue weighted by molar-refractivity contribution is 7.90. The molecular formula is C19H22N4O3S2. The lowest BCUT2D eigenvalue weighted by Gasteiger charge is -2.30. The van der Waals surface area contributed by atoms with E-state index in [1.165, 1.54) is 12.1 Å². The minimum atomic E-state index is -3.25. The van der Waals surface area contributed by atoms with Gasteiger partial charge in [-0.2, -0.15) is 0 Å². The first-order valence-corrected chi connectivity index (χ1v) is 11.2. The van der Waals surface area contributed by atoms with Crippen LogP contribution in [0.3, 0.4) is 0 Å². The molecule has 1 amide bonds. The maximum absolute atomic E-state index is 12.8. The van der Waals surface area contributed by atoms with Crippen molar-refractivity contribution in [3.63, 3.8) is 0 Å². The molecular weight excluding hydrogens is 396 g/mol. The molecule has 1 N–H and O–H groups in total. The molecule has 0 unspecified atom stereocenters. The van der Waals surface area contributed by atoms with Crippen LogP contribution in [0.25, 0.3) is 0 Å². The highest BCUT2D eigenvalue weighted by atomic mass is 32.2. The highest BCUT2D eigenvalue weighted by Crippen LogP contribution is 2.16. The van der Waals surface area contributed by atoms with E-state index < -0.39 is 9.84 Å². The minimum absolute atomic E-state index is 0.0740. The Morgan fingerprint density at radius 2 is 1.86 bits per heavy atom. The van der Waals surface area contributed by atoms with Gasteiger partial charge in [0.15, 0.2) is 14.9 Å². The van der Waals surface area contributed by atoms with Gasteiger partial charge in [0.1, 0.15) is 0 Å². The summed E-state index contributed by atoms with van der Waals surface area (Å²) >= 11 is 5.47. The molecule has 28 heavy (non-hydrogen) atoms. The van der Waals surface area contributed by atoms with Crippen LogP contribution in [0.4, 0.5) is 0 Å². The van der Waals surface area contributed by atoms with E-state index in [0.29, 0.717) is 24.7 Å². The summed E-state index contributed by atoms with van der Waals surface area (Å²) in [6, 6.07) is 10.2. The molecule has 1 fully saturated rings. The van der Waals surface area contributed by atoms with E-state index >= 15 is 0 Å². The largest absolute Gasteiger partial charge is 0.357 e. The van der Waals surface area contributed by atoms with E-state index in [1.807, 2.05) is 12.1 Å². The maximum Gasteiger partial charge on any atom is 0.245 e. The van der Waals surface area contributed by atoms with Gasteiger partial charge in [0.2, 0.25) is 5.91 Å². The Hall–Kier alpha value is -2.52. The Labute approximate surface area is 170 Å². The minimum Gasteiger partial charge on any atom is -0.357 e. The summed E-state index contributed by atoms with van der Waals surface area (Å²) in [5.74, 6) is -0.0740. The molecule has 1 aromatic carbocycles. The van der Waals surface area contributed by atoms with Crippen LogP contribution in [-0.2, 0) is 27.6 Å². The van der Waals surface area contributed by atoms with Gasteiger partial charge < -0.3 is 5.32 Å². The third kappa shape index (κ3) is 5.05. The molecule has 0 radical (unpaired) electrons. The number of carbonyl (C=O) groups excluding carboxylic acids is 1. The van der Waals surface area contributed by atoms with Crippen LogP contribution < -0.4 is 5.32 Å². The number of aromatic nitrogens is 1. The molecule has 0 bridgehead atoms. The number of amides is 1. The van der Waals surface area contributed by atoms with Crippen LogP contribution in [0.15, 0.2) is 53.7 Å². The standard InChI is InChI=1S/C19H22N4O3S2/c1-28(25,26)17-7-5-15(6-8-17)12-18(24)22-10-3-11-23(22)19(27)21-14-16-4-2-9-20-13-16/h2,4-9,13H,3,10-12,14H2,1H3,(H,21,27). The first-order chi connectivity index (χ1) is 13.3. The molecule has 0 saturated carbocycles. The van der Waals surface area contributed by atoms with Gasteiger partial charge in [-0.1, -0.05) is 18.2 Å². The van der Waals surface area contributed by atoms with Crippen LogP contribution in [0, 0.1) is 0 Å². The van der Waals surface area contributed by atoms with Crippen molar-refractivity contribution >= 4 is 33.1 Å². The topological polar surface area (TPSA) is 82.6 Å². The first-order valence-electron chi connectivity index (χ1n) is 8.88. The summed E-state index contributed by atoms with van der Waals surface area (Å²) in [6.45, 7) is 1.82. The average molecular weight is 419 g/mol. The van der Waals surface area contributed by atoms with E-state index in [1.54, 1.807) is 34.5 Å². The van der Waals surface area contributed by atoms with Crippen molar-refractivity contribution in [1.82, 2.24) is 20.3 Å². The molecule has 0 aliphatic carbocycles. The summed E-state index contributed by atoms with van der Waals surface area (Å²) in [7, 11) is -3.25. The lowest BCUT2D eigenvalue weighted by atomic mass is 10.1. The third-order valence-corrected chi connectivity index (χ3v) is 5.91. The van der Waals surface area contributed by atoms with Gasteiger partial charge in [0, 0.05) is 38.3 Å². The number of thiocarbonyl (C=S) groups is 1. The Balaban J connectivity index is 1.60. The monoisotopic (exact) mass is 418 g/mol. The zero-order valence-corrected chi connectivity index (χ0v) is 17.2. The van der Waals surface area contributed by atoms with Crippen LogP contribution in [0.2, 0.25) is 0 Å². The number of hydrogen-bond acceptors (Lipinski definition) is 5. The van der Waals surface area contributed by atoms with Gasteiger partial charge in [0.25, 0.3) is 0 Å². The lowest BCUT2D eigenvalue weighted by Crippen LogP contribution is -2.49. The Kier molecular flexibility index (Phi) is 6.25. The molecule has 1 aliphatic rings. The number of benzene rings is 1. The van der Waals surface area contributed by atoms with Crippen LogP contribution in [0.1, 0.15) is 17.5 Å². The Morgan fingerprint density at radius 1 is 1.14 bits per heavy atom. The number of sulfone groups is 1. The first kappa shape index (κ1) is 20.2. The van der Waals surface area contributed by atoms with Gasteiger partial charge >= 0.3 is 0 Å². The smallest absolute Gasteiger partial charge is 0.245 e. The van der Waals surface area contributed by atoms with Crippen LogP contribution in [-0.4, -0.2) is 53.8 Å². The highest BCUT2D eigenvalue weighted by Gasteiger charge is 2.28. The van der Waals surface area contributed by atoms with Gasteiger partial charge in [0.05, 0.1) is 11.3 Å². The normalized spacial score (nSPS) is 14.2. The summed E-state index contributed by atoms with van der Waals surface area (Å²) in [5, 5.41) is 7.12. The fourth-order valence-electron chi connectivity index (χ4n) is 2.97. The second-order valence-electron chi connectivity index (χ2n) is 6.61. The predicted octanol–water partition coefficient (Wildman–Crippen LogP) is 1.55. The number of nitrogens with one attached hydrogen (secondary N) is 1. The Morgan fingerprint density at radius 3 is 2.50 bits per heavy atom. The van der Waals surface area contributed by atoms with Gasteiger partial charge in [-0.15, -0.1) is 0 Å². The molecule has 0 atom stereocenters. The fourth-order valence-corrected chi connectivity index (χ4v) is 3.87. The second-order valence-corrected chi connectivity index (χ2v) is 9.01. The van der Waals surface area contributed by atoms with E-state index in [0.717, 1.165) is 23.8 Å². The number of carbonyl (C=O) groups is 1. The van der Waals surface area contributed by atoms with Crippen LogP contribution >= 0.6 is 12.2 Å². The zero-order valence-electron chi connectivity index (χ0n) is 15.5. The van der Waals surface area contributed by atoms with E-state index in [-0.39, 0.29) is 17.2 Å². The maximum atomic E-state index is 12.8. The summed E-state index contributed by atoms with van der Waals surface area (Å²) in [5.41, 5.74) is 1.77. The van der Waals surface area contributed by atoms with Crippen LogP contribution in [0.5, 0.6) is 0 Å². The van der Waals surface area contributed by atoms with Crippen molar-refractivity contribution in [2.45, 2.75) is 24.3 Å². The van der Waals surface area contributed by atoms with Gasteiger partial charge in [-0.3, -0.25) is 19.8 Å². The predicted molar refractivity (Wildman–Crippen MR) is 110 cm³/mol. The molecule has 7 nitrogen and oxygen atoms in total. The summed E-state index contributed by atoms with van der Waals surface area (Å²) in [6.07, 6.45) is 5.67. The molecule has 0 spiro atoms. The summed E-state index contributed by atoms with van der Waals surface area (Å²) < 4.78 is 23.1. The number of rotatable bonds is 5. The second kappa shape index (κ2) is 8.66. The zero-order chi connectivity index (χ0) is 20.1. The van der Waals surface area contributed by atoms with Crippen molar-refractivity contribution in [2.24, 2.45) is 0 Å². The molecule has 1 aromatic heterocycles. The average Bonchev–Trinajstić information content (AvgIpc) is 3.17. The molecule has 9 heteroatoms. The van der Waals surface area contributed by atoms with Gasteiger partial charge in [-0.05, 0) is 48.0 Å². The number of pyridine rings is 1. The van der Waals surface area contributed by atoms with Gasteiger partial charge in [-0.25, -0.2) is 8.42 Å². The number of hydrazine groups is 1. The molecule has 1 aliphatic heterocycles. The Bertz CT molecular complexity index is 947. The lowest BCUT2D eigenvalue weighted by molar-refractivity contribution is -0.138. The van der Waals surface area contributed by atoms with E-state index in [9.17, 15) is 13.2 Å². The van der Waals surface area contributed by atoms with Crippen molar-refractivity contribution in [3.05, 3.63) is 59.9 Å². The third-order valence-electron chi connectivity index (χ3n) is 4.43. The number of hydrogen-bond donors (Lipinski definition) is 1. The summed E-state index contributed by atoms with van der Waals surface area (Å²) in [4.78, 5) is 17.1. The molecule has 1 saturated heterocycles. The van der Waals surface area contributed by atoms with Crippen molar-refractivity contribution < 1.29 is 13.2 Å². The quantitative estimate of drug-likeness (QED) is 0.738. The number of nitrogens with zero attached hydrogens (tertiary/aromatic N) is 3. The van der Waals surface area contributed by atoms with Crippen molar-refractivity contribution in [2.75, 3.05) is 19.3 Å². The molecule has 148 valence electrons. The molecule has 3 rings (SSSR count). The van der Waals surface area contributed by atoms with E-state index in [2.05, 4.69) is 10.3 Å². The van der Waals surface area contributed by atoms with Crippen molar-refractivity contribution in [3.8, 4) is 0 Å². The SMILES string of the molecule is CS(=O)(=O)c1ccc(CC(=O)N2CCCN2C(=S)NCc2cccnc2)cc1.